The van der Waals surface area contributed by atoms with Gasteiger partial charge in [0.25, 0.3) is 0 Å². The van der Waals surface area contributed by atoms with Crippen molar-refractivity contribution in [2.24, 2.45) is 0 Å². The molecular weight excluding hydrogens is 194 g/mol. The Balaban J connectivity index is 2.72. The summed E-state index contributed by atoms with van der Waals surface area (Å²) in [5.74, 6) is 1.23. The lowest BCUT2D eigenvalue weighted by atomic mass is 10.1. The number of hydrogen-bond acceptors (Lipinski definition) is 3. The first-order valence-corrected chi connectivity index (χ1v) is 5.81. The number of aromatic nitrogens is 1. The minimum atomic E-state index is 0.221. The highest BCUT2D eigenvalue weighted by molar-refractivity contribution is 7.99. The molecule has 0 aliphatic heterocycles. The monoisotopic (exact) mass is 209 g/mol. The van der Waals surface area contributed by atoms with E-state index < -0.39 is 0 Å². The van der Waals surface area contributed by atoms with E-state index in [1.54, 1.807) is 24.9 Å². The molecule has 1 rings (SSSR count). The Morgan fingerprint density at radius 3 is 2.86 bits per heavy atom. The Morgan fingerprint density at radius 1 is 1.57 bits per heavy atom. The van der Waals surface area contributed by atoms with Gasteiger partial charge in [-0.15, -0.1) is 0 Å². The van der Waals surface area contributed by atoms with Gasteiger partial charge in [-0.25, -0.2) is 0 Å². The van der Waals surface area contributed by atoms with Crippen LogP contribution in [-0.4, -0.2) is 16.5 Å². The fraction of sp³-hybridized carbons (Fsp3) is 0.455. The van der Waals surface area contributed by atoms with Crippen LogP contribution in [0.4, 0.5) is 0 Å². The third-order valence-electron chi connectivity index (χ3n) is 1.86. The number of ketones is 1. The standard InChI is InChI=1S/C11H15NOS/c1-3-14-11(8-9(2)13)10-6-4-5-7-12-10/h4-7,11H,3,8H2,1-2H3. The second kappa shape index (κ2) is 5.81. The van der Waals surface area contributed by atoms with Crippen LogP contribution in [0, 0.1) is 0 Å². The van der Waals surface area contributed by atoms with Crippen LogP contribution in [0.5, 0.6) is 0 Å². The molecule has 76 valence electrons. The highest BCUT2D eigenvalue weighted by Crippen LogP contribution is 2.30. The van der Waals surface area contributed by atoms with Gasteiger partial charge < -0.3 is 0 Å². The number of Topliss-reactive ketones (excluding diaryl/α,β-unsaturated/α-hetero) is 1. The number of pyridine rings is 1. The summed E-state index contributed by atoms with van der Waals surface area (Å²) in [4.78, 5) is 15.3. The molecule has 0 saturated heterocycles. The number of thioether (sulfide) groups is 1. The third-order valence-corrected chi connectivity index (χ3v) is 3.00. The lowest BCUT2D eigenvalue weighted by Gasteiger charge is -2.12. The summed E-state index contributed by atoms with van der Waals surface area (Å²) in [5.41, 5.74) is 1.01. The SMILES string of the molecule is CCSC(CC(C)=O)c1ccccn1. The Kier molecular flexibility index (Phi) is 4.66. The van der Waals surface area contributed by atoms with Crippen molar-refractivity contribution in [2.45, 2.75) is 25.5 Å². The third kappa shape index (κ3) is 3.50. The lowest BCUT2D eigenvalue weighted by molar-refractivity contribution is -0.117. The first kappa shape index (κ1) is 11.2. The molecule has 14 heavy (non-hydrogen) atoms. The van der Waals surface area contributed by atoms with Crippen LogP contribution in [0.15, 0.2) is 24.4 Å². The zero-order valence-corrected chi connectivity index (χ0v) is 9.38. The molecule has 0 spiro atoms. The van der Waals surface area contributed by atoms with Crippen LogP contribution in [0.2, 0.25) is 0 Å². The van der Waals surface area contributed by atoms with Gasteiger partial charge >= 0.3 is 0 Å². The Bertz CT molecular complexity index is 287. The van der Waals surface area contributed by atoms with Crippen molar-refractivity contribution in [3.63, 3.8) is 0 Å². The Hall–Kier alpha value is -0.830. The van der Waals surface area contributed by atoms with Crippen LogP contribution in [-0.2, 0) is 4.79 Å². The molecule has 0 aromatic carbocycles. The van der Waals surface area contributed by atoms with E-state index >= 15 is 0 Å². The zero-order chi connectivity index (χ0) is 10.4. The Labute approximate surface area is 89.1 Å². The average Bonchev–Trinajstić information content (AvgIpc) is 2.18. The number of carbonyl (C=O) groups is 1. The lowest BCUT2D eigenvalue weighted by Crippen LogP contribution is -2.03. The first-order valence-electron chi connectivity index (χ1n) is 4.76. The molecule has 0 radical (unpaired) electrons. The molecular formula is C11H15NOS. The molecule has 0 aliphatic rings. The van der Waals surface area contributed by atoms with Gasteiger partial charge in [0.15, 0.2) is 0 Å². The maximum Gasteiger partial charge on any atom is 0.131 e. The second-order valence-corrected chi connectivity index (χ2v) is 4.58. The largest absolute Gasteiger partial charge is 0.300 e. The van der Waals surface area contributed by atoms with Crippen molar-refractivity contribution in [3.8, 4) is 0 Å². The minimum absolute atomic E-state index is 0.221. The highest BCUT2D eigenvalue weighted by Gasteiger charge is 2.14. The fourth-order valence-electron chi connectivity index (χ4n) is 1.28. The molecule has 1 atom stereocenters. The topological polar surface area (TPSA) is 30.0 Å². The van der Waals surface area contributed by atoms with Crippen molar-refractivity contribution < 1.29 is 4.79 Å². The molecule has 0 N–H and O–H groups in total. The van der Waals surface area contributed by atoms with E-state index in [0.29, 0.717) is 6.42 Å². The molecule has 3 heteroatoms. The molecule has 1 heterocycles. The smallest absolute Gasteiger partial charge is 0.131 e. The average molecular weight is 209 g/mol. The summed E-state index contributed by atoms with van der Waals surface area (Å²) >= 11 is 1.77. The summed E-state index contributed by atoms with van der Waals surface area (Å²) in [6.45, 7) is 3.73. The maximum atomic E-state index is 11.1. The molecule has 0 amide bonds. The van der Waals surface area contributed by atoms with Gasteiger partial charge in [0.1, 0.15) is 5.78 Å². The molecule has 1 aromatic rings. The second-order valence-electron chi connectivity index (χ2n) is 3.10. The number of carbonyl (C=O) groups excluding carboxylic acids is 1. The van der Waals surface area contributed by atoms with Gasteiger partial charge in [0.05, 0.1) is 10.9 Å². The maximum absolute atomic E-state index is 11.1. The van der Waals surface area contributed by atoms with Crippen LogP contribution >= 0.6 is 11.8 Å². The van der Waals surface area contributed by atoms with E-state index in [-0.39, 0.29) is 11.0 Å². The number of nitrogens with zero attached hydrogens (tertiary/aromatic N) is 1. The minimum Gasteiger partial charge on any atom is -0.300 e. The van der Waals surface area contributed by atoms with Gasteiger partial charge in [-0.1, -0.05) is 13.0 Å². The normalized spacial score (nSPS) is 12.4. The van der Waals surface area contributed by atoms with Crippen LogP contribution in [0.3, 0.4) is 0 Å². The van der Waals surface area contributed by atoms with E-state index in [1.165, 1.54) is 0 Å². The summed E-state index contributed by atoms with van der Waals surface area (Å²) in [5, 5.41) is 0.221. The number of hydrogen-bond donors (Lipinski definition) is 0. The summed E-state index contributed by atoms with van der Waals surface area (Å²) in [7, 11) is 0. The quantitative estimate of drug-likeness (QED) is 0.747. The van der Waals surface area contributed by atoms with Crippen LogP contribution in [0.25, 0.3) is 0 Å². The zero-order valence-electron chi connectivity index (χ0n) is 8.56. The van der Waals surface area contributed by atoms with E-state index in [0.717, 1.165) is 11.4 Å². The summed E-state index contributed by atoms with van der Waals surface area (Å²) < 4.78 is 0. The summed E-state index contributed by atoms with van der Waals surface area (Å²) in [6.07, 6.45) is 2.36. The molecule has 2 nitrogen and oxygen atoms in total. The van der Waals surface area contributed by atoms with Crippen molar-refractivity contribution in [1.82, 2.24) is 4.98 Å². The molecule has 0 saturated carbocycles. The van der Waals surface area contributed by atoms with Crippen molar-refractivity contribution >= 4 is 17.5 Å². The molecule has 1 aromatic heterocycles. The van der Waals surface area contributed by atoms with Gasteiger partial charge in [-0.05, 0) is 24.8 Å². The predicted molar refractivity (Wildman–Crippen MR) is 60.4 cm³/mol. The highest BCUT2D eigenvalue weighted by atomic mass is 32.2. The van der Waals surface area contributed by atoms with E-state index in [2.05, 4.69) is 11.9 Å². The van der Waals surface area contributed by atoms with Gasteiger partial charge in [0, 0.05) is 12.6 Å². The Morgan fingerprint density at radius 2 is 2.36 bits per heavy atom. The summed E-state index contributed by atoms with van der Waals surface area (Å²) in [6, 6.07) is 5.84. The molecule has 1 unspecified atom stereocenters. The molecule has 0 fully saturated rings. The van der Waals surface area contributed by atoms with Gasteiger partial charge in [0.2, 0.25) is 0 Å². The van der Waals surface area contributed by atoms with Crippen molar-refractivity contribution in [1.29, 1.82) is 0 Å². The van der Waals surface area contributed by atoms with Gasteiger partial charge in [-0.2, -0.15) is 11.8 Å². The van der Waals surface area contributed by atoms with E-state index in [9.17, 15) is 4.79 Å². The number of rotatable bonds is 5. The molecule has 0 bridgehead atoms. The van der Waals surface area contributed by atoms with Crippen LogP contribution in [0.1, 0.15) is 31.2 Å². The van der Waals surface area contributed by atoms with E-state index in [4.69, 9.17) is 0 Å². The molecule has 0 aliphatic carbocycles. The fourth-order valence-corrected chi connectivity index (χ4v) is 2.34. The van der Waals surface area contributed by atoms with Crippen LogP contribution < -0.4 is 0 Å². The first-order chi connectivity index (χ1) is 6.74. The van der Waals surface area contributed by atoms with E-state index in [1.807, 2.05) is 18.2 Å². The predicted octanol–water partition coefficient (Wildman–Crippen LogP) is 2.85. The van der Waals surface area contributed by atoms with Crippen molar-refractivity contribution in [2.75, 3.05) is 5.75 Å². The van der Waals surface area contributed by atoms with Crippen molar-refractivity contribution in [3.05, 3.63) is 30.1 Å². The van der Waals surface area contributed by atoms with Gasteiger partial charge in [-0.3, -0.25) is 9.78 Å².